The Morgan fingerprint density at radius 2 is 2.07 bits per heavy atom. The van der Waals surface area contributed by atoms with Crippen molar-refractivity contribution in [1.82, 2.24) is 4.90 Å². The first-order valence-electron chi connectivity index (χ1n) is 10.6. The smallest absolute Gasteiger partial charge is 0.0646 e. The topological polar surface area (TPSA) is 15.6 Å². The van der Waals surface area contributed by atoms with Gasteiger partial charge in [-0.15, -0.1) is 6.42 Å². The number of nitrogens with zero attached hydrogens (tertiary/aromatic N) is 2. The number of terminal acetylenes is 1. The van der Waals surface area contributed by atoms with Gasteiger partial charge < -0.3 is 4.90 Å². The Hall–Kier alpha value is -2.79. The molecule has 0 saturated carbocycles. The number of allylic oxidation sites excluding steroid dienone is 5. The molecule has 0 saturated heterocycles. The van der Waals surface area contributed by atoms with Crippen molar-refractivity contribution in [1.29, 1.82) is 0 Å². The summed E-state index contributed by atoms with van der Waals surface area (Å²) in [6.07, 6.45) is 16.0. The predicted molar refractivity (Wildman–Crippen MR) is 126 cm³/mol. The molecule has 0 spiro atoms. The van der Waals surface area contributed by atoms with Crippen molar-refractivity contribution in [2.24, 2.45) is 4.99 Å². The Kier molecular flexibility index (Phi) is 6.60. The highest BCUT2D eigenvalue weighted by Gasteiger charge is 2.25. The quantitative estimate of drug-likeness (QED) is 0.421. The van der Waals surface area contributed by atoms with Crippen LogP contribution in [0.3, 0.4) is 0 Å². The van der Waals surface area contributed by atoms with Gasteiger partial charge in [-0.1, -0.05) is 31.6 Å². The summed E-state index contributed by atoms with van der Waals surface area (Å²) in [7, 11) is 1.87. The van der Waals surface area contributed by atoms with Crippen LogP contribution < -0.4 is 0 Å². The first-order valence-corrected chi connectivity index (χ1v) is 10.6. The van der Waals surface area contributed by atoms with Crippen LogP contribution in [0.1, 0.15) is 62.6 Å². The van der Waals surface area contributed by atoms with E-state index in [4.69, 9.17) is 6.42 Å². The van der Waals surface area contributed by atoms with Gasteiger partial charge in [0.1, 0.15) is 0 Å². The van der Waals surface area contributed by atoms with Crippen molar-refractivity contribution in [3.63, 3.8) is 0 Å². The Balaban J connectivity index is 1.84. The highest BCUT2D eigenvalue weighted by atomic mass is 15.2. The molecule has 1 aromatic carbocycles. The molecule has 1 heterocycles. The fraction of sp³-hybridized carbons (Fsp3) is 0.370. The van der Waals surface area contributed by atoms with Gasteiger partial charge in [0.2, 0.25) is 0 Å². The Labute approximate surface area is 176 Å². The lowest BCUT2D eigenvalue weighted by molar-refractivity contribution is 0.457. The zero-order chi connectivity index (χ0) is 21.0. The van der Waals surface area contributed by atoms with Gasteiger partial charge in [0.05, 0.1) is 12.3 Å². The molecule has 1 aromatic rings. The lowest BCUT2D eigenvalue weighted by Gasteiger charge is -2.36. The molecular weight excluding hydrogens is 352 g/mol. The highest BCUT2D eigenvalue weighted by Crippen LogP contribution is 2.38. The summed E-state index contributed by atoms with van der Waals surface area (Å²) in [4.78, 5) is 6.96. The van der Waals surface area contributed by atoms with E-state index >= 15 is 0 Å². The Morgan fingerprint density at radius 3 is 2.72 bits per heavy atom. The molecule has 0 fully saturated rings. The van der Waals surface area contributed by atoms with Gasteiger partial charge in [-0.05, 0) is 92.0 Å². The van der Waals surface area contributed by atoms with Gasteiger partial charge >= 0.3 is 0 Å². The lowest BCUT2D eigenvalue weighted by atomic mass is 9.86. The third-order valence-corrected chi connectivity index (χ3v) is 6.06. The molecule has 150 valence electrons. The maximum Gasteiger partial charge on any atom is 0.0646 e. The molecular formula is C27H32N2. The van der Waals surface area contributed by atoms with Crippen LogP contribution >= 0.6 is 0 Å². The van der Waals surface area contributed by atoms with E-state index in [0.29, 0.717) is 0 Å². The SMILES string of the molecule is C#Cc1ccc(/C(C)=C/C(CN2C(=C)C3=C(C=C2CC)CCCC3)=NC)cc1C. The van der Waals surface area contributed by atoms with Crippen molar-refractivity contribution in [2.45, 2.75) is 52.9 Å². The molecule has 1 aliphatic heterocycles. The number of hydrogen-bond donors (Lipinski definition) is 0. The van der Waals surface area contributed by atoms with Gasteiger partial charge in [-0.3, -0.25) is 4.99 Å². The summed E-state index contributed by atoms with van der Waals surface area (Å²) in [5.41, 5.74) is 11.0. The standard InChI is InChI=1S/C27H32N2/c1-7-22-13-14-23(15-19(22)3)20(4)16-25(28-6)18-29-21(5)27-12-10-9-11-24(27)17-26(29)8-2/h1,13-17H,5,8-12,18H2,2-4,6H3/b20-16+,28-25?. The van der Waals surface area contributed by atoms with Crippen LogP contribution in [0.25, 0.3) is 5.57 Å². The lowest BCUT2D eigenvalue weighted by Crippen LogP contribution is -2.31. The molecule has 0 unspecified atom stereocenters. The zero-order valence-electron chi connectivity index (χ0n) is 18.3. The van der Waals surface area contributed by atoms with Crippen LogP contribution in [-0.2, 0) is 0 Å². The molecule has 0 bridgehead atoms. The van der Waals surface area contributed by atoms with E-state index in [9.17, 15) is 0 Å². The minimum absolute atomic E-state index is 0.755. The van der Waals surface area contributed by atoms with Crippen LogP contribution in [0.2, 0.25) is 0 Å². The van der Waals surface area contributed by atoms with Gasteiger partial charge in [0.25, 0.3) is 0 Å². The fourth-order valence-corrected chi connectivity index (χ4v) is 4.27. The van der Waals surface area contributed by atoms with Gasteiger partial charge in [-0.25, -0.2) is 0 Å². The van der Waals surface area contributed by atoms with Crippen LogP contribution in [0.4, 0.5) is 0 Å². The first-order chi connectivity index (χ1) is 14.0. The van der Waals surface area contributed by atoms with E-state index < -0.39 is 0 Å². The van der Waals surface area contributed by atoms with Gasteiger partial charge in [-0.2, -0.15) is 0 Å². The normalized spacial score (nSPS) is 17.8. The number of rotatable bonds is 5. The summed E-state index contributed by atoms with van der Waals surface area (Å²) >= 11 is 0. The summed E-state index contributed by atoms with van der Waals surface area (Å²) < 4.78 is 0. The van der Waals surface area contributed by atoms with E-state index in [-0.39, 0.29) is 0 Å². The molecule has 1 aliphatic carbocycles. The van der Waals surface area contributed by atoms with Gasteiger partial charge in [0, 0.05) is 24.0 Å². The van der Waals surface area contributed by atoms with Crippen molar-refractivity contribution in [3.05, 3.63) is 76.2 Å². The van der Waals surface area contributed by atoms with Crippen molar-refractivity contribution < 1.29 is 0 Å². The zero-order valence-corrected chi connectivity index (χ0v) is 18.3. The number of aryl methyl sites for hydroxylation is 1. The van der Waals surface area contributed by atoms with E-state index in [1.54, 1.807) is 0 Å². The monoisotopic (exact) mass is 384 g/mol. The molecule has 0 atom stereocenters. The molecule has 0 aromatic heterocycles. The highest BCUT2D eigenvalue weighted by molar-refractivity contribution is 6.02. The van der Waals surface area contributed by atoms with Crippen LogP contribution in [0.15, 0.2) is 64.5 Å². The molecule has 2 heteroatoms. The second-order valence-electron chi connectivity index (χ2n) is 7.95. The van der Waals surface area contributed by atoms with Crippen molar-refractivity contribution in [3.8, 4) is 12.3 Å². The van der Waals surface area contributed by atoms with Crippen LogP contribution in [-0.4, -0.2) is 24.2 Å². The van der Waals surface area contributed by atoms with Crippen molar-refractivity contribution in [2.75, 3.05) is 13.6 Å². The molecule has 2 nitrogen and oxygen atoms in total. The maximum atomic E-state index is 5.56. The third-order valence-electron chi connectivity index (χ3n) is 6.06. The number of hydrogen-bond acceptors (Lipinski definition) is 2. The van der Waals surface area contributed by atoms with Crippen molar-refractivity contribution >= 4 is 11.3 Å². The second-order valence-corrected chi connectivity index (χ2v) is 7.95. The average Bonchev–Trinajstić information content (AvgIpc) is 2.74. The molecule has 3 rings (SSSR count). The minimum atomic E-state index is 0.755. The second kappa shape index (κ2) is 9.14. The minimum Gasteiger partial charge on any atom is -0.339 e. The fourth-order valence-electron chi connectivity index (χ4n) is 4.27. The molecule has 0 amide bonds. The Bertz CT molecular complexity index is 976. The number of benzene rings is 1. The Morgan fingerprint density at radius 1 is 1.31 bits per heavy atom. The van der Waals surface area contributed by atoms with E-state index in [0.717, 1.165) is 36.2 Å². The molecule has 2 aliphatic rings. The predicted octanol–water partition coefficient (Wildman–Crippen LogP) is 6.44. The molecule has 0 radical (unpaired) electrons. The summed E-state index contributed by atoms with van der Waals surface area (Å²) in [6, 6.07) is 6.27. The van der Waals surface area contributed by atoms with E-state index in [1.807, 2.05) is 13.1 Å². The first kappa shape index (κ1) is 20.9. The summed E-state index contributed by atoms with van der Waals surface area (Å²) in [5.74, 6) is 2.74. The molecule has 29 heavy (non-hydrogen) atoms. The average molecular weight is 385 g/mol. The van der Waals surface area contributed by atoms with E-state index in [2.05, 4.69) is 67.4 Å². The summed E-state index contributed by atoms with van der Waals surface area (Å²) in [5, 5.41) is 0. The van der Waals surface area contributed by atoms with E-state index in [1.165, 1.54) is 52.9 Å². The van der Waals surface area contributed by atoms with Crippen LogP contribution in [0, 0.1) is 19.3 Å². The third kappa shape index (κ3) is 4.46. The largest absolute Gasteiger partial charge is 0.339 e. The van der Waals surface area contributed by atoms with Gasteiger partial charge in [0.15, 0.2) is 0 Å². The van der Waals surface area contributed by atoms with Crippen LogP contribution in [0.5, 0.6) is 0 Å². The summed E-state index contributed by atoms with van der Waals surface area (Å²) in [6.45, 7) is 11.6. The number of aliphatic imine (C=N–C) groups is 1. The maximum absolute atomic E-state index is 5.56. The molecule has 0 N–H and O–H groups in total.